The van der Waals surface area contributed by atoms with Crippen molar-refractivity contribution in [3.05, 3.63) is 35.8 Å². The van der Waals surface area contributed by atoms with Crippen molar-refractivity contribution in [3.8, 4) is 11.6 Å². The van der Waals surface area contributed by atoms with E-state index in [1.165, 1.54) is 5.56 Å². The van der Waals surface area contributed by atoms with Gasteiger partial charge in [0, 0.05) is 30.9 Å². The molecule has 0 unspecified atom stereocenters. The SMILES string of the molecule is CCCn1cc(Oc2cc(CNC(C)C)cc(C)n2)cn1. The zero-order valence-corrected chi connectivity index (χ0v) is 13.3. The van der Waals surface area contributed by atoms with Crippen LogP contribution in [0, 0.1) is 6.92 Å². The highest BCUT2D eigenvalue weighted by molar-refractivity contribution is 5.28. The lowest BCUT2D eigenvalue weighted by molar-refractivity contribution is 0.458. The lowest BCUT2D eigenvalue weighted by Crippen LogP contribution is -2.21. The van der Waals surface area contributed by atoms with Crippen LogP contribution in [0.25, 0.3) is 0 Å². The minimum atomic E-state index is 0.454. The fraction of sp³-hybridized carbons (Fsp3) is 0.500. The van der Waals surface area contributed by atoms with Crippen molar-refractivity contribution >= 4 is 0 Å². The van der Waals surface area contributed by atoms with Crippen LogP contribution < -0.4 is 10.1 Å². The Labute approximate surface area is 126 Å². The summed E-state index contributed by atoms with van der Waals surface area (Å²) in [7, 11) is 0. The molecule has 0 atom stereocenters. The molecule has 0 aliphatic heterocycles. The Bertz CT molecular complexity index is 577. The van der Waals surface area contributed by atoms with E-state index in [4.69, 9.17) is 4.74 Å². The van der Waals surface area contributed by atoms with Gasteiger partial charge >= 0.3 is 0 Å². The minimum absolute atomic E-state index is 0.454. The van der Waals surface area contributed by atoms with Gasteiger partial charge in [-0.1, -0.05) is 20.8 Å². The maximum absolute atomic E-state index is 5.81. The summed E-state index contributed by atoms with van der Waals surface area (Å²) >= 11 is 0. The van der Waals surface area contributed by atoms with Gasteiger partial charge in [0.05, 0.1) is 12.4 Å². The molecular weight excluding hydrogens is 264 g/mol. The van der Waals surface area contributed by atoms with Crippen molar-refractivity contribution in [1.82, 2.24) is 20.1 Å². The first-order chi connectivity index (χ1) is 10.1. The smallest absolute Gasteiger partial charge is 0.219 e. The number of aryl methyl sites for hydroxylation is 2. The summed E-state index contributed by atoms with van der Waals surface area (Å²) < 4.78 is 7.69. The number of ether oxygens (including phenoxy) is 1. The molecule has 5 heteroatoms. The van der Waals surface area contributed by atoms with Gasteiger partial charge in [0.2, 0.25) is 5.88 Å². The second kappa shape index (κ2) is 7.22. The largest absolute Gasteiger partial charge is 0.436 e. The zero-order chi connectivity index (χ0) is 15.2. The molecule has 0 spiro atoms. The quantitative estimate of drug-likeness (QED) is 0.849. The van der Waals surface area contributed by atoms with Gasteiger partial charge < -0.3 is 10.1 Å². The predicted octanol–water partition coefficient (Wildman–Crippen LogP) is 3.29. The number of hydrogen-bond donors (Lipinski definition) is 1. The van der Waals surface area contributed by atoms with Gasteiger partial charge in [-0.25, -0.2) is 4.98 Å². The van der Waals surface area contributed by atoms with E-state index in [0.717, 1.165) is 31.0 Å². The highest BCUT2D eigenvalue weighted by Crippen LogP contribution is 2.20. The van der Waals surface area contributed by atoms with Crippen molar-refractivity contribution in [2.75, 3.05) is 0 Å². The molecule has 0 aliphatic carbocycles. The van der Waals surface area contributed by atoms with Crippen LogP contribution in [0.3, 0.4) is 0 Å². The van der Waals surface area contributed by atoms with Crippen LogP contribution in [0.4, 0.5) is 0 Å². The molecule has 2 rings (SSSR count). The van der Waals surface area contributed by atoms with E-state index < -0.39 is 0 Å². The topological polar surface area (TPSA) is 52.0 Å². The molecule has 0 saturated heterocycles. The first-order valence-corrected chi connectivity index (χ1v) is 7.48. The molecule has 0 aromatic carbocycles. The lowest BCUT2D eigenvalue weighted by atomic mass is 10.2. The van der Waals surface area contributed by atoms with Crippen molar-refractivity contribution in [1.29, 1.82) is 0 Å². The van der Waals surface area contributed by atoms with Crippen molar-refractivity contribution < 1.29 is 4.74 Å². The lowest BCUT2D eigenvalue weighted by Gasteiger charge is -2.10. The van der Waals surface area contributed by atoms with Gasteiger partial charge in [-0.2, -0.15) is 5.10 Å². The Balaban J connectivity index is 2.07. The maximum atomic E-state index is 5.81. The molecule has 0 fully saturated rings. The molecule has 2 aromatic heterocycles. The molecule has 0 aliphatic rings. The molecule has 0 bridgehead atoms. The van der Waals surface area contributed by atoms with Gasteiger partial charge in [0.15, 0.2) is 5.75 Å². The molecular formula is C16H24N4O. The first-order valence-electron chi connectivity index (χ1n) is 7.48. The number of aromatic nitrogens is 3. The molecule has 2 heterocycles. The Morgan fingerprint density at radius 1 is 1.33 bits per heavy atom. The Hall–Kier alpha value is -1.88. The third kappa shape index (κ3) is 4.86. The fourth-order valence-corrected chi connectivity index (χ4v) is 2.05. The van der Waals surface area contributed by atoms with E-state index in [1.807, 2.05) is 23.9 Å². The van der Waals surface area contributed by atoms with Crippen molar-refractivity contribution in [3.63, 3.8) is 0 Å². The summed E-state index contributed by atoms with van der Waals surface area (Å²) in [5.74, 6) is 1.34. The van der Waals surface area contributed by atoms with Crippen LogP contribution in [0.15, 0.2) is 24.5 Å². The Morgan fingerprint density at radius 2 is 2.14 bits per heavy atom. The fourth-order valence-electron chi connectivity index (χ4n) is 2.05. The number of hydrogen-bond acceptors (Lipinski definition) is 4. The molecule has 0 saturated carbocycles. The average molecular weight is 288 g/mol. The van der Waals surface area contributed by atoms with Gasteiger partial charge in [-0.05, 0) is 25.0 Å². The summed E-state index contributed by atoms with van der Waals surface area (Å²) in [4.78, 5) is 4.42. The Morgan fingerprint density at radius 3 is 2.86 bits per heavy atom. The molecule has 1 N–H and O–H groups in total. The summed E-state index contributed by atoms with van der Waals surface area (Å²) in [5, 5.41) is 7.66. The first kappa shape index (κ1) is 15.5. The summed E-state index contributed by atoms with van der Waals surface area (Å²) in [6.07, 6.45) is 4.68. The van der Waals surface area contributed by atoms with E-state index in [-0.39, 0.29) is 0 Å². The van der Waals surface area contributed by atoms with Crippen LogP contribution in [-0.4, -0.2) is 20.8 Å². The minimum Gasteiger partial charge on any atom is -0.436 e. The van der Waals surface area contributed by atoms with Crippen molar-refractivity contribution in [2.24, 2.45) is 0 Å². The van der Waals surface area contributed by atoms with E-state index >= 15 is 0 Å². The van der Waals surface area contributed by atoms with E-state index in [2.05, 4.69) is 42.2 Å². The van der Waals surface area contributed by atoms with Gasteiger partial charge in [0.1, 0.15) is 0 Å². The average Bonchev–Trinajstić information content (AvgIpc) is 2.83. The van der Waals surface area contributed by atoms with Crippen LogP contribution in [-0.2, 0) is 13.1 Å². The van der Waals surface area contributed by atoms with E-state index in [1.54, 1.807) is 6.20 Å². The van der Waals surface area contributed by atoms with Crippen LogP contribution in [0.1, 0.15) is 38.4 Å². The monoisotopic (exact) mass is 288 g/mol. The number of nitrogens with zero attached hydrogens (tertiary/aromatic N) is 3. The van der Waals surface area contributed by atoms with Crippen LogP contribution in [0.5, 0.6) is 11.6 Å². The highest BCUT2D eigenvalue weighted by Gasteiger charge is 2.05. The molecule has 0 amide bonds. The summed E-state index contributed by atoms with van der Waals surface area (Å²) in [5.41, 5.74) is 2.13. The second-order valence-electron chi connectivity index (χ2n) is 5.53. The molecule has 21 heavy (non-hydrogen) atoms. The molecule has 0 radical (unpaired) electrons. The van der Waals surface area contributed by atoms with E-state index in [9.17, 15) is 0 Å². The zero-order valence-electron chi connectivity index (χ0n) is 13.3. The summed E-state index contributed by atoms with van der Waals surface area (Å²) in [6, 6.07) is 4.50. The normalized spacial score (nSPS) is 11.1. The maximum Gasteiger partial charge on any atom is 0.219 e. The molecule has 5 nitrogen and oxygen atoms in total. The predicted molar refractivity (Wildman–Crippen MR) is 83.5 cm³/mol. The third-order valence-electron chi connectivity index (χ3n) is 2.99. The van der Waals surface area contributed by atoms with Crippen LogP contribution in [0.2, 0.25) is 0 Å². The number of pyridine rings is 1. The molecule has 114 valence electrons. The standard InChI is InChI=1S/C16H24N4O/c1-5-6-20-11-15(10-18-20)21-16-8-14(7-13(4)19-16)9-17-12(2)3/h7-8,10-12,17H,5-6,9H2,1-4H3. The van der Waals surface area contributed by atoms with Crippen molar-refractivity contribution in [2.45, 2.75) is 53.2 Å². The highest BCUT2D eigenvalue weighted by atomic mass is 16.5. The second-order valence-corrected chi connectivity index (χ2v) is 5.53. The van der Waals surface area contributed by atoms with Gasteiger partial charge in [0.25, 0.3) is 0 Å². The summed E-state index contributed by atoms with van der Waals surface area (Å²) in [6.45, 7) is 10.1. The number of rotatable bonds is 7. The van der Waals surface area contributed by atoms with E-state index in [0.29, 0.717) is 11.9 Å². The molecule has 2 aromatic rings. The number of nitrogens with one attached hydrogen (secondary N) is 1. The Kier molecular flexibility index (Phi) is 5.33. The van der Waals surface area contributed by atoms with Crippen LogP contribution >= 0.6 is 0 Å². The van der Waals surface area contributed by atoms with Gasteiger partial charge in [-0.3, -0.25) is 4.68 Å². The third-order valence-corrected chi connectivity index (χ3v) is 2.99. The van der Waals surface area contributed by atoms with Gasteiger partial charge in [-0.15, -0.1) is 0 Å².